The average molecular weight is 250 g/mol. The third-order valence-electron chi connectivity index (χ3n) is 3.11. The number of nitrogens with one attached hydrogen (secondary N) is 1. The summed E-state index contributed by atoms with van der Waals surface area (Å²) in [7, 11) is 0. The van der Waals surface area contributed by atoms with E-state index >= 15 is 0 Å². The molecule has 1 aromatic rings. The molecule has 0 radical (unpaired) electrons. The van der Waals surface area contributed by atoms with Crippen LogP contribution in [0.4, 0.5) is 0 Å². The summed E-state index contributed by atoms with van der Waals surface area (Å²) in [4.78, 5) is 17.8. The first kappa shape index (κ1) is 12.9. The summed E-state index contributed by atoms with van der Waals surface area (Å²) in [6, 6.07) is 5.32. The van der Waals surface area contributed by atoms with Crippen LogP contribution in [0.5, 0.6) is 0 Å². The number of carbonyl (C=O) groups is 1. The fourth-order valence-electron chi connectivity index (χ4n) is 2.07. The molecule has 1 aliphatic heterocycles. The van der Waals surface area contributed by atoms with E-state index in [1.54, 1.807) is 12.1 Å². The van der Waals surface area contributed by atoms with E-state index in [2.05, 4.69) is 15.3 Å². The van der Waals surface area contributed by atoms with E-state index in [0.29, 0.717) is 12.2 Å². The van der Waals surface area contributed by atoms with Crippen LogP contribution < -0.4 is 11.3 Å². The van der Waals surface area contributed by atoms with Crippen LogP contribution in [-0.4, -0.2) is 40.1 Å². The molecule has 2 rings (SSSR count). The third kappa shape index (κ3) is 3.25. The van der Waals surface area contributed by atoms with Crippen molar-refractivity contribution >= 4 is 5.91 Å². The van der Waals surface area contributed by atoms with Gasteiger partial charge in [-0.3, -0.25) is 15.1 Å². The van der Waals surface area contributed by atoms with Crippen LogP contribution in [0.3, 0.4) is 0 Å². The van der Waals surface area contributed by atoms with Crippen molar-refractivity contribution in [2.24, 2.45) is 5.84 Å². The standard InChI is InChI=1S/C12H18N4O2/c13-15-12(18)11-3-1-2-9(14-11)8-16-6-4-10(17)5-7-16/h1-3,10,17H,4-8,13H2,(H,15,18). The molecule has 0 unspecified atom stereocenters. The minimum Gasteiger partial charge on any atom is -0.393 e. The summed E-state index contributed by atoms with van der Waals surface area (Å²) in [6.07, 6.45) is 1.41. The fourth-order valence-corrected chi connectivity index (χ4v) is 2.07. The average Bonchev–Trinajstić information content (AvgIpc) is 2.41. The molecule has 1 aliphatic rings. The maximum absolute atomic E-state index is 11.4. The van der Waals surface area contributed by atoms with Crippen molar-refractivity contribution in [3.63, 3.8) is 0 Å². The zero-order valence-corrected chi connectivity index (χ0v) is 10.2. The molecule has 1 aromatic heterocycles. The predicted molar refractivity (Wildman–Crippen MR) is 66.4 cm³/mol. The molecule has 0 saturated carbocycles. The minimum atomic E-state index is -0.383. The van der Waals surface area contributed by atoms with E-state index in [9.17, 15) is 9.90 Å². The molecule has 0 aromatic carbocycles. The van der Waals surface area contributed by atoms with Crippen molar-refractivity contribution in [3.8, 4) is 0 Å². The highest BCUT2D eigenvalue weighted by Gasteiger charge is 2.17. The highest BCUT2D eigenvalue weighted by atomic mass is 16.3. The Balaban J connectivity index is 1.99. The molecule has 18 heavy (non-hydrogen) atoms. The largest absolute Gasteiger partial charge is 0.393 e. The van der Waals surface area contributed by atoms with Crippen molar-refractivity contribution < 1.29 is 9.90 Å². The van der Waals surface area contributed by atoms with Gasteiger partial charge in [0.15, 0.2) is 0 Å². The lowest BCUT2D eigenvalue weighted by molar-refractivity contribution is 0.0786. The monoisotopic (exact) mass is 250 g/mol. The lowest BCUT2D eigenvalue weighted by atomic mass is 10.1. The van der Waals surface area contributed by atoms with Crippen molar-refractivity contribution in [1.29, 1.82) is 0 Å². The number of rotatable bonds is 3. The topological polar surface area (TPSA) is 91.5 Å². The zero-order chi connectivity index (χ0) is 13.0. The van der Waals surface area contributed by atoms with Gasteiger partial charge in [-0.25, -0.2) is 10.8 Å². The second kappa shape index (κ2) is 5.90. The van der Waals surface area contributed by atoms with Gasteiger partial charge in [-0.15, -0.1) is 0 Å². The number of nitrogen functional groups attached to an aromatic ring is 1. The van der Waals surface area contributed by atoms with Crippen molar-refractivity contribution in [1.82, 2.24) is 15.3 Å². The lowest BCUT2D eigenvalue weighted by Gasteiger charge is -2.29. The van der Waals surface area contributed by atoms with E-state index in [1.807, 2.05) is 6.07 Å². The zero-order valence-electron chi connectivity index (χ0n) is 10.2. The van der Waals surface area contributed by atoms with Crippen LogP contribution in [0.1, 0.15) is 29.0 Å². The first-order valence-corrected chi connectivity index (χ1v) is 6.06. The van der Waals surface area contributed by atoms with Crippen LogP contribution in [0.25, 0.3) is 0 Å². The first-order valence-electron chi connectivity index (χ1n) is 6.06. The van der Waals surface area contributed by atoms with Gasteiger partial charge in [0.1, 0.15) is 5.69 Å². The summed E-state index contributed by atoms with van der Waals surface area (Å²) >= 11 is 0. The molecule has 1 amide bonds. The van der Waals surface area contributed by atoms with Crippen LogP contribution in [0.2, 0.25) is 0 Å². The number of hydrazine groups is 1. The predicted octanol–water partition coefficient (Wildman–Crippen LogP) is -0.358. The fraction of sp³-hybridized carbons (Fsp3) is 0.500. The number of nitrogens with two attached hydrogens (primary N) is 1. The Morgan fingerprint density at radius 2 is 2.22 bits per heavy atom. The number of aliphatic hydroxyl groups is 1. The molecule has 4 N–H and O–H groups in total. The maximum Gasteiger partial charge on any atom is 0.283 e. The molecule has 6 nitrogen and oxygen atoms in total. The van der Waals surface area contributed by atoms with Crippen LogP contribution in [0, 0.1) is 0 Å². The van der Waals surface area contributed by atoms with E-state index in [1.165, 1.54) is 0 Å². The number of aliphatic hydroxyl groups excluding tert-OH is 1. The molecular formula is C12H18N4O2. The van der Waals surface area contributed by atoms with Gasteiger partial charge in [-0.1, -0.05) is 6.07 Å². The molecule has 0 spiro atoms. The number of nitrogens with zero attached hydrogens (tertiary/aromatic N) is 2. The summed E-state index contributed by atoms with van der Waals surface area (Å²) < 4.78 is 0. The highest BCUT2D eigenvalue weighted by molar-refractivity contribution is 5.91. The van der Waals surface area contributed by atoms with Gasteiger partial charge in [-0.05, 0) is 25.0 Å². The Bertz CT molecular complexity index is 416. The number of amides is 1. The van der Waals surface area contributed by atoms with Crippen molar-refractivity contribution in [2.45, 2.75) is 25.5 Å². The molecule has 0 atom stereocenters. The maximum atomic E-state index is 11.4. The normalized spacial score (nSPS) is 17.7. The van der Waals surface area contributed by atoms with Crippen LogP contribution in [-0.2, 0) is 6.54 Å². The Morgan fingerprint density at radius 1 is 1.50 bits per heavy atom. The summed E-state index contributed by atoms with van der Waals surface area (Å²) in [5.74, 6) is 4.69. The Hall–Kier alpha value is -1.50. The summed E-state index contributed by atoms with van der Waals surface area (Å²) in [5, 5.41) is 9.43. The van der Waals surface area contributed by atoms with Gasteiger partial charge in [0.05, 0.1) is 11.8 Å². The molecular weight excluding hydrogens is 232 g/mol. The second-order valence-electron chi connectivity index (χ2n) is 4.49. The van der Waals surface area contributed by atoms with Gasteiger partial charge in [0, 0.05) is 19.6 Å². The number of likely N-dealkylation sites (tertiary alicyclic amines) is 1. The van der Waals surface area contributed by atoms with Crippen LogP contribution >= 0.6 is 0 Å². The minimum absolute atomic E-state index is 0.177. The molecule has 2 heterocycles. The Kier molecular flexibility index (Phi) is 4.24. The van der Waals surface area contributed by atoms with Gasteiger partial charge in [0.25, 0.3) is 5.91 Å². The highest BCUT2D eigenvalue weighted by Crippen LogP contribution is 2.12. The quantitative estimate of drug-likeness (QED) is 0.387. The van der Waals surface area contributed by atoms with E-state index in [4.69, 9.17) is 5.84 Å². The first-order chi connectivity index (χ1) is 8.69. The van der Waals surface area contributed by atoms with Gasteiger partial charge in [-0.2, -0.15) is 0 Å². The van der Waals surface area contributed by atoms with Crippen molar-refractivity contribution in [3.05, 3.63) is 29.6 Å². The number of aromatic nitrogens is 1. The van der Waals surface area contributed by atoms with E-state index in [-0.39, 0.29) is 12.0 Å². The molecule has 98 valence electrons. The smallest absolute Gasteiger partial charge is 0.283 e. The molecule has 6 heteroatoms. The van der Waals surface area contributed by atoms with Crippen molar-refractivity contribution in [2.75, 3.05) is 13.1 Å². The SMILES string of the molecule is NNC(=O)c1cccc(CN2CCC(O)CC2)n1. The number of pyridine rings is 1. The summed E-state index contributed by atoms with van der Waals surface area (Å²) in [6.45, 7) is 2.41. The molecule has 1 saturated heterocycles. The van der Waals surface area contributed by atoms with E-state index in [0.717, 1.165) is 31.6 Å². The van der Waals surface area contributed by atoms with Gasteiger partial charge in [0.2, 0.25) is 0 Å². The number of carbonyl (C=O) groups excluding carboxylic acids is 1. The van der Waals surface area contributed by atoms with Gasteiger partial charge >= 0.3 is 0 Å². The third-order valence-corrected chi connectivity index (χ3v) is 3.11. The van der Waals surface area contributed by atoms with E-state index < -0.39 is 0 Å². The number of piperidine rings is 1. The van der Waals surface area contributed by atoms with Crippen LogP contribution in [0.15, 0.2) is 18.2 Å². The summed E-state index contributed by atoms with van der Waals surface area (Å²) in [5.41, 5.74) is 3.24. The lowest BCUT2D eigenvalue weighted by Crippen LogP contribution is -2.35. The van der Waals surface area contributed by atoms with Gasteiger partial charge < -0.3 is 5.11 Å². The molecule has 0 aliphatic carbocycles. The number of hydrogen-bond acceptors (Lipinski definition) is 5. The molecule has 0 bridgehead atoms. The second-order valence-corrected chi connectivity index (χ2v) is 4.49. The molecule has 1 fully saturated rings. The number of hydrogen-bond donors (Lipinski definition) is 3. The Morgan fingerprint density at radius 3 is 2.89 bits per heavy atom. The Labute approximate surface area is 106 Å².